The molecule has 3 nitrogen and oxygen atoms in total. The Kier molecular flexibility index (Phi) is 4.26. The maximum atomic E-state index is 13.3. The summed E-state index contributed by atoms with van der Waals surface area (Å²) < 4.78 is 13.3. The van der Waals surface area contributed by atoms with E-state index in [0.717, 1.165) is 24.9 Å². The predicted octanol–water partition coefficient (Wildman–Crippen LogP) is 3.54. The molecule has 1 amide bonds. The van der Waals surface area contributed by atoms with Crippen LogP contribution in [0.5, 0.6) is 0 Å². The van der Waals surface area contributed by atoms with Gasteiger partial charge in [0.25, 0.3) is 0 Å². The SMILES string of the molecule is O=C1NCc2ccccc2CC12CCN(Cc1ccc(F)c(Cl)c1)C2. The molecule has 0 bridgehead atoms. The van der Waals surface area contributed by atoms with E-state index in [1.54, 1.807) is 12.1 Å². The molecule has 1 saturated heterocycles. The van der Waals surface area contributed by atoms with Crippen molar-refractivity contribution in [2.24, 2.45) is 5.41 Å². The fourth-order valence-electron chi connectivity index (χ4n) is 4.03. The van der Waals surface area contributed by atoms with Gasteiger partial charge in [0.15, 0.2) is 0 Å². The minimum absolute atomic E-state index is 0.142. The van der Waals surface area contributed by atoms with Crippen LogP contribution >= 0.6 is 11.6 Å². The van der Waals surface area contributed by atoms with Crippen molar-refractivity contribution in [3.05, 3.63) is 70.0 Å². The van der Waals surface area contributed by atoms with Gasteiger partial charge in [-0.3, -0.25) is 9.69 Å². The van der Waals surface area contributed by atoms with Crippen LogP contribution in [-0.2, 0) is 24.3 Å². The lowest BCUT2D eigenvalue weighted by Gasteiger charge is -2.26. The van der Waals surface area contributed by atoms with Gasteiger partial charge in [-0.1, -0.05) is 41.9 Å². The molecule has 2 heterocycles. The lowest BCUT2D eigenvalue weighted by Crippen LogP contribution is -2.42. The van der Waals surface area contributed by atoms with E-state index in [1.165, 1.54) is 17.2 Å². The topological polar surface area (TPSA) is 32.3 Å². The van der Waals surface area contributed by atoms with Crippen molar-refractivity contribution >= 4 is 17.5 Å². The summed E-state index contributed by atoms with van der Waals surface area (Å²) in [5.74, 6) is -0.258. The molecule has 0 aliphatic carbocycles. The third kappa shape index (κ3) is 3.16. The highest BCUT2D eigenvalue weighted by Crippen LogP contribution is 2.37. The van der Waals surface area contributed by atoms with Crippen LogP contribution in [0.25, 0.3) is 0 Å². The molecule has 0 radical (unpaired) electrons. The molecule has 25 heavy (non-hydrogen) atoms. The van der Waals surface area contributed by atoms with E-state index in [1.807, 2.05) is 12.1 Å². The van der Waals surface area contributed by atoms with Crippen LogP contribution in [0.1, 0.15) is 23.1 Å². The first kappa shape index (κ1) is 16.6. The van der Waals surface area contributed by atoms with Crippen LogP contribution in [-0.4, -0.2) is 23.9 Å². The minimum atomic E-state index is -0.400. The zero-order valence-corrected chi connectivity index (χ0v) is 14.7. The van der Waals surface area contributed by atoms with E-state index in [0.29, 0.717) is 19.6 Å². The molecule has 2 aromatic rings. The fourth-order valence-corrected chi connectivity index (χ4v) is 4.23. The standard InChI is InChI=1S/C20H20ClFN2O/c21-17-9-14(5-6-18(17)22)12-24-8-7-20(13-24)10-15-3-1-2-4-16(15)11-23-19(20)25/h1-6,9H,7-8,10-13H2,(H,23,25). The number of nitrogens with one attached hydrogen (secondary N) is 1. The summed E-state index contributed by atoms with van der Waals surface area (Å²) in [5, 5.41) is 3.24. The van der Waals surface area contributed by atoms with Gasteiger partial charge in [0.1, 0.15) is 5.82 Å². The monoisotopic (exact) mass is 358 g/mol. The number of hydrogen-bond acceptors (Lipinski definition) is 2. The van der Waals surface area contributed by atoms with Crippen LogP contribution in [0.2, 0.25) is 5.02 Å². The fraction of sp³-hybridized carbons (Fsp3) is 0.350. The van der Waals surface area contributed by atoms with Gasteiger partial charge in [0.2, 0.25) is 5.91 Å². The predicted molar refractivity (Wildman–Crippen MR) is 95.7 cm³/mol. The van der Waals surface area contributed by atoms with Crippen molar-refractivity contribution < 1.29 is 9.18 Å². The molecule has 1 unspecified atom stereocenters. The number of halogens is 2. The van der Waals surface area contributed by atoms with Gasteiger partial charge >= 0.3 is 0 Å². The normalized spacial score (nSPS) is 23.4. The van der Waals surface area contributed by atoms with Crippen molar-refractivity contribution in [3.63, 3.8) is 0 Å². The second-order valence-electron chi connectivity index (χ2n) is 7.12. The Morgan fingerprint density at radius 1 is 1.20 bits per heavy atom. The Balaban J connectivity index is 1.53. The Labute approximate surface area is 151 Å². The Hall–Kier alpha value is -1.91. The molecule has 0 aromatic heterocycles. The van der Waals surface area contributed by atoms with Gasteiger partial charge in [-0.2, -0.15) is 0 Å². The first-order valence-corrected chi connectivity index (χ1v) is 8.95. The summed E-state index contributed by atoms with van der Waals surface area (Å²) >= 11 is 5.88. The molecule has 2 aliphatic heterocycles. The van der Waals surface area contributed by atoms with Crippen molar-refractivity contribution in [3.8, 4) is 0 Å². The first-order chi connectivity index (χ1) is 12.1. The number of carbonyl (C=O) groups is 1. The van der Waals surface area contributed by atoms with E-state index in [4.69, 9.17) is 11.6 Å². The molecule has 4 rings (SSSR count). The highest BCUT2D eigenvalue weighted by molar-refractivity contribution is 6.30. The smallest absolute Gasteiger partial charge is 0.228 e. The lowest BCUT2D eigenvalue weighted by atomic mass is 9.80. The summed E-state index contributed by atoms with van der Waals surface area (Å²) in [6.07, 6.45) is 1.61. The van der Waals surface area contributed by atoms with Crippen molar-refractivity contribution in [2.45, 2.75) is 25.9 Å². The number of likely N-dealkylation sites (tertiary alicyclic amines) is 1. The minimum Gasteiger partial charge on any atom is -0.351 e. The summed E-state index contributed by atoms with van der Waals surface area (Å²) in [6, 6.07) is 13.1. The van der Waals surface area contributed by atoms with Gasteiger partial charge in [0, 0.05) is 19.6 Å². The number of amides is 1. The molecule has 2 aliphatic rings. The summed E-state index contributed by atoms with van der Waals surface area (Å²) in [5.41, 5.74) is 3.05. The van der Waals surface area contributed by atoms with E-state index in [2.05, 4.69) is 22.3 Å². The average molecular weight is 359 g/mol. The highest BCUT2D eigenvalue weighted by Gasteiger charge is 2.45. The number of fused-ring (bicyclic) bond motifs is 1. The van der Waals surface area contributed by atoms with Crippen LogP contribution in [0.3, 0.4) is 0 Å². The van der Waals surface area contributed by atoms with E-state index in [9.17, 15) is 9.18 Å². The maximum Gasteiger partial charge on any atom is 0.228 e. The molecule has 2 aromatic carbocycles. The van der Waals surface area contributed by atoms with Crippen molar-refractivity contribution in [1.29, 1.82) is 0 Å². The second kappa shape index (κ2) is 6.43. The van der Waals surface area contributed by atoms with E-state index < -0.39 is 5.82 Å². The third-order valence-electron chi connectivity index (χ3n) is 5.39. The second-order valence-corrected chi connectivity index (χ2v) is 7.52. The molecular weight excluding hydrogens is 339 g/mol. The summed E-state index contributed by atoms with van der Waals surface area (Å²) in [6.45, 7) is 2.84. The summed E-state index contributed by atoms with van der Waals surface area (Å²) in [7, 11) is 0. The number of rotatable bonds is 2. The molecule has 5 heteroatoms. The lowest BCUT2D eigenvalue weighted by molar-refractivity contribution is -0.130. The van der Waals surface area contributed by atoms with Crippen LogP contribution in [0.15, 0.2) is 42.5 Å². The first-order valence-electron chi connectivity index (χ1n) is 8.57. The zero-order valence-electron chi connectivity index (χ0n) is 13.9. The van der Waals surface area contributed by atoms with Gasteiger partial charge < -0.3 is 5.32 Å². The molecule has 0 saturated carbocycles. The highest BCUT2D eigenvalue weighted by atomic mass is 35.5. The van der Waals surface area contributed by atoms with Gasteiger partial charge in [-0.15, -0.1) is 0 Å². The van der Waals surface area contributed by atoms with Crippen LogP contribution in [0, 0.1) is 11.2 Å². The molecule has 130 valence electrons. The summed E-state index contributed by atoms with van der Waals surface area (Å²) in [4.78, 5) is 15.1. The largest absolute Gasteiger partial charge is 0.351 e. The maximum absolute atomic E-state index is 13.3. The quantitative estimate of drug-likeness (QED) is 0.890. The molecule has 1 spiro atoms. The van der Waals surface area contributed by atoms with Crippen LogP contribution in [0.4, 0.5) is 4.39 Å². The number of benzene rings is 2. The number of hydrogen-bond donors (Lipinski definition) is 1. The number of nitrogens with zero attached hydrogens (tertiary/aromatic N) is 1. The molecule has 1 N–H and O–H groups in total. The Bertz CT molecular complexity index is 825. The third-order valence-corrected chi connectivity index (χ3v) is 5.68. The van der Waals surface area contributed by atoms with Crippen LogP contribution < -0.4 is 5.32 Å². The van der Waals surface area contributed by atoms with Gasteiger partial charge in [0.05, 0.1) is 10.4 Å². The zero-order chi connectivity index (χ0) is 17.4. The molecule has 1 atom stereocenters. The Morgan fingerprint density at radius 3 is 2.80 bits per heavy atom. The Morgan fingerprint density at radius 2 is 2.00 bits per heavy atom. The van der Waals surface area contributed by atoms with Crippen molar-refractivity contribution in [2.75, 3.05) is 13.1 Å². The number of carbonyl (C=O) groups excluding carboxylic acids is 1. The molecular formula is C20H20ClFN2O. The van der Waals surface area contributed by atoms with E-state index >= 15 is 0 Å². The van der Waals surface area contributed by atoms with Gasteiger partial charge in [-0.25, -0.2) is 4.39 Å². The van der Waals surface area contributed by atoms with E-state index in [-0.39, 0.29) is 16.3 Å². The van der Waals surface area contributed by atoms with Crippen molar-refractivity contribution in [1.82, 2.24) is 10.2 Å². The molecule has 1 fully saturated rings. The average Bonchev–Trinajstić information content (AvgIpc) is 2.94. The van der Waals surface area contributed by atoms with Gasteiger partial charge in [-0.05, 0) is 48.2 Å².